The SMILES string of the molecule is CCS(=O)(=O)c1cccc(-c2ccc(/C(=C/C(=N)C(F)(F)F)NCC(=O)OCSC)s2)c1. The number of carbonyl (C=O) groups excluding carboxylic acids is 1. The monoisotopic (exact) mass is 506 g/mol. The van der Waals surface area contributed by atoms with Crippen LogP contribution in [0.2, 0.25) is 0 Å². The first-order valence-corrected chi connectivity index (χ1v) is 13.0. The first kappa shape index (κ1) is 25.9. The van der Waals surface area contributed by atoms with Crippen LogP contribution in [0.3, 0.4) is 0 Å². The van der Waals surface area contributed by atoms with Gasteiger partial charge in [0.2, 0.25) is 0 Å². The van der Waals surface area contributed by atoms with Crippen molar-refractivity contribution < 1.29 is 31.1 Å². The zero-order valence-electron chi connectivity index (χ0n) is 17.2. The van der Waals surface area contributed by atoms with Gasteiger partial charge in [-0.15, -0.1) is 23.1 Å². The van der Waals surface area contributed by atoms with Crippen molar-refractivity contribution in [2.45, 2.75) is 18.0 Å². The summed E-state index contributed by atoms with van der Waals surface area (Å²) in [6, 6.07) is 9.44. The van der Waals surface area contributed by atoms with Gasteiger partial charge in [-0.25, -0.2) is 8.42 Å². The van der Waals surface area contributed by atoms with Crippen molar-refractivity contribution in [2.24, 2.45) is 0 Å². The lowest BCUT2D eigenvalue weighted by atomic mass is 10.2. The van der Waals surface area contributed by atoms with Gasteiger partial charge in [-0.2, -0.15) is 13.2 Å². The Hall–Kier alpha value is -2.31. The molecular formula is C20H21F3N2O4S3. The highest BCUT2D eigenvalue weighted by atomic mass is 32.2. The largest absolute Gasteiger partial charge is 0.453 e. The Balaban J connectivity index is 2.36. The molecule has 2 rings (SSSR count). The lowest BCUT2D eigenvalue weighted by Gasteiger charge is -2.11. The molecule has 1 aromatic heterocycles. The highest BCUT2D eigenvalue weighted by Gasteiger charge is 2.33. The van der Waals surface area contributed by atoms with Gasteiger partial charge in [-0.3, -0.25) is 10.2 Å². The Morgan fingerprint density at radius 3 is 2.62 bits per heavy atom. The van der Waals surface area contributed by atoms with E-state index in [1.165, 1.54) is 36.9 Å². The number of sulfone groups is 1. The fourth-order valence-electron chi connectivity index (χ4n) is 2.43. The molecule has 1 heterocycles. The lowest BCUT2D eigenvalue weighted by molar-refractivity contribution is -0.140. The summed E-state index contributed by atoms with van der Waals surface area (Å²) in [6.45, 7) is 1.16. The maximum atomic E-state index is 12.9. The van der Waals surface area contributed by atoms with E-state index in [1.807, 2.05) is 0 Å². The van der Waals surface area contributed by atoms with E-state index in [1.54, 1.807) is 24.5 Å². The number of alkyl halides is 3. The number of thiophene rings is 1. The minimum atomic E-state index is -4.85. The third kappa shape index (κ3) is 7.10. The highest BCUT2D eigenvalue weighted by Crippen LogP contribution is 2.33. The molecule has 0 fully saturated rings. The number of ether oxygens (including phenoxy) is 1. The lowest BCUT2D eigenvalue weighted by Crippen LogP contribution is -2.26. The van der Waals surface area contributed by atoms with E-state index < -0.39 is 27.7 Å². The average Bonchev–Trinajstić information content (AvgIpc) is 3.24. The number of thioether (sulfide) groups is 1. The first-order chi connectivity index (χ1) is 15.0. The Morgan fingerprint density at radius 1 is 1.28 bits per heavy atom. The van der Waals surface area contributed by atoms with Crippen LogP contribution in [-0.2, 0) is 19.4 Å². The van der Waals surface area contributed by atoms with Crippen molar-refractivity contribution >= 4 is 50.3 Å². The molecule has 2 aromatic rings. The number of rotatable bonds is 10. The number of allylic oxidation sites excluding steroid dienone is 1. The van der Waals surface area contributed by atoms with Gasteiger partial charge in [-0.05, 0) is 42.2 Å². The Kier molecular flexibility index (Phi) is 8.93. The standard InChI is InChI=1S/C20H21F3N2O4S3/c1-3-32(27,28)14-6-4-5-13(9-14)16-7-8-17(31-16)15(10-18(24)20(21,22)23)25-11-19(26)29-12-30-2/h4-10,24-25H,3,11-12H2,1-2H3/b15-10-,24-18?. The van der Waals surface area contributed by atoms with E-state index in [4.69, 9.17) is 10.1 Å². The molecule has 0 saturated carbocycles. The summed E-state index contributed by atoms with van der Waals surface area (Å²) in [6.07, 6.45) is -2.52. The van der Waals surface area contributed by atoms with Gasteiger partial charge in [0.25, 0.3) is 0 Å². The molecule has 0 bridgehead atoms. The van der Waals surface area contributed by atoms with Crippen molar-refractivity contribution in [3.63, 3.8) is 0 Å². The van der Waals surface area contributed by atoms with E-state index in [0.29, 0.717) is 21.4 Å². The maximum absolute atomic E-state index is 12.9. The molecule has 12 heteroatoms. The first-order valence-electron chi connectivity index (χ1n) is 9.17. The molecule has 0 aliphatic rings. The number of benzene rings is 1. The molecule has 0 atom stereocenters. The third-order valence-electron chi connectivity index (χ3n) is 4.08. The van der Waals surface area contributed by atoms with Crippen LogP contribution in [0.25, 0.3) is 16.1 Å². The Labute approximate surface area is 192 Å². The summed E-state index contributed by atoms with van der Waals surface area (Å²) >= 11 is 2.37. The molecule has 0 saturated heterocycles. The second-order valence-corrected chi connectivity index (χ2v) is 10.5. The van der Waals surface area contributed by atoms with Gasteiger partial charge in [0.1, 0.15) is 18.2 Å². The minimum Gasteiger partial charge on any atom is -0.453 e. The van der Waals surface area contributed by atoms with Gasteiger partial charge < -0.3 is 10.1 Å². The van der Waals surface area contributed by atoms with Crippen molar-refractivity contribution in [3.8, 4) is 10.4 Å². The fraction of sp³-hybridized carbons (Fsp3) is 0.300. The molecule has 1 aromatic carbocycles. The maximum Gasteiger partial charge on any atom is 0.432 e. The number of carbonyl (C=O) groups is 1. The Bertz CT molecular complexity index is 1110. The van der Waals surface area contributed by atoms with Gasteiger partial charge in [0.05, 0.1) is 21.2 Å². The predicted octanol–water partition coefficient (Wildman–Crippen LogP) is 4.58. The molecule has 0 unspecified atom stereocenters. The van der Waals surface area contributed by atoms with E-state index in [9.17, 15) is 26.4 Å². The quantitative estimate of drug-likeness (QED) is 0.278. The normalized spacial score (nSPS) is 12.5. The van der Waals surface area contributed by atoms with Crippen LogP contribution in [-0.4, -0.2) is 50.8 Å². The van der Waals surface area contributed by atoms with Crippen molar-refractivity contribution in [3.05, 3.63) is 47.4 Å². The van der Waals surface area contributed by atoms with Gasteiger partial charge in [0, 0.05) is 4.88 Å². The molecule has 6 nitrogen and oxygen atoms in total. The van der Waals surface area contributed by atoms with E-state index in [-0.39, 0.29) is 28.8 Å². The molecule has 0 amide bonds. The molecule has 0 radical (unpaired) electrons. The number of nitrogens with one attached hydrogen (secondary N) is 2. The van der Waals surface area contributed by atoms with Crippen molar-refractivity contribution in [2.75, 3.05) is 24.5 Å². The molecule has 0 aliphatic carbocycles. The van der Waals surface area contributed by atoms with Crippen LogP contribution in [0.4, 0.5) is 13.2 Å². The molecule has 0 aliphatic heterocycles. The van der Waals surface area contributed by atoms with Crippen molar-refractivity contribution in [1.29, 1.82) is 5.41 Å². The summed E-state index contributed by atoms with van der Waals surface area (Å²) in [7, 11) is -3.42. The number of hydrogen-bond acceptors (Lipinski definition) is 8. The molecule has 174 valence electrons. The van der Waals surface area contributed by atoms with E-state index in [0.717, 1.165) is 11.3 Å². The van der Waals surface area contributed by atoms with Crippen LogP contribution >= 0.6 is 23.1 Å². The number of hydrogen-bond donors (Lipinski definition) is 2. The molecule has 2 N–H and O–H groups in total. The average molecular weight is 507 g/mol. The van der Waals surface area contributed by atoms with Crippen LogP contribution in [0.5, 0.6) is 0 Å². The topological polar surface area (TPSA) is 96.3 Å². The molecule has 0 spiro atoms. The summed E-state index contributed by atoms with van der Waals surface area (Å²) in [5.74, 6) is -0.606. The second-order valence-electron chi connectivity index (χ2n) is 6.34. The van der Waals surface area contributed by atoms with E-state index in [2.05, 4.69) is 5.32 Å². The van der Waals surface area contributed by atoms with Gasteiger partial charge >= 0.3 is 12.1 Å². The van der Waals surface area contributed by atoms with Gasteiger partial charge in [0.15, 0.2) is 9.84 Å². The predicted molar refractivity (Wildman–Crippen MR) is 122 cm³/mol. The second kappa shape index (κ2) is 11.0. The van der Waals surface area contributed by atoms with Crippen molar-refractivity contribution in [1.82, 2.24) is 5.32 Å². The highest BCUT2D eigenvalue weighted by molar-refractivity contribution is 7.98. The van der Waals surface area contributed by atoms with Gasteiger partial charge in [-0.1, -0.05) is 19.1 Å². The van der Waals surface area contributed by atoms with Crippen LogP contribution in [0.15, 0.2) is 47.4 Å². The van der Waals surface area contributed by atoms with Crippen LogP contribution in [0, 0.1) is 5.41 Å². The number of halogens is 3. The fourth-order valence-corrected chi connectivity index (χ4v) is 4.60. The Morgan fingerprint density at radius 2 is 2.00 bits per heavy atom. The minimum absolute atomic E-state index is 0.0604. The zero-order chi connectivity index (χ0) is 23.9. The zero-order valence-corrected chi connectivity index (χ0v) is 19.6. The van der Waals surface area contributed by atoms with Crippen LogP contribution < -0.4 is 5.32 Å². The summed E-state index contributed by atoms with van der Waals surface area (Å²) in [5.41, 5.74) is -1.06. The van der Waals surface area contributed by atoms with E-state index >= 15 is 0 Å². The summed E-state index contributed by atoms with van der Waals surface area (Å²) in [5, 5.41) is 9.89. The number of esters is 1. The third-order valence-corrected chi connectivity index (χ3v) is 7.34. The smallest absolute Gasteiger partial charge is 0.432 e. The summed E-state index contributed by atoms with van der Waals surface area (Å²) < 4.78 is 67.9. The molecular weight excluding hydrogens is 485 g/mol. The molecule has 32 heavy (non-hydrogen) atoms. The summed E-state index contributed by atoms with van der Waals surface area (Å²) in [4.78, 5) is 12.9. The van der Waals surface area contributed by atoms with Crippen LogP contribution in [0.1, 0.15) is 11.8 Å².